The van der Waals surface area contributed by atoms with Gasteiger partial charge in [0.1, 0.15) is 0 Å². The van der Waals surface area contributed by atoms with Crippen molar-refractivity contribution in [3.8, 4) is 0 Å². The van der Waals surface area contributed by atoms with Crippen LogP contribution in [-0.4, -0.2) is 32.1 Å². The molecule has 0 spiro atoms. The first-order valence-electron chi connectivity index (χ1n) is 6.62. The van der Waals surface area contributed by atoms with Gasteiger partial charge in [0.2, 0.25) is 5.91 Å². The third kappa shape index (κ3) is 3.39. The Morgan fingerprint density at radius 2 is 2.21 bits per heavy atom. The Hall–Kier alpha value is -1.26. The molecule has 1 fully saturated rings. The van der Waals surface area contributed by atoms with E-state index in [-0.39, 0.29) is 0 Å². The van der Waals surface area contributed by atoms with Crippen molar-refractivity contribution in [2.45, 2.75) is 25.3 Å². The molecule has 3 N–H and O–H groups in total. The summed E-state index contributed by atoms with van der Waals surface area (Å²) in [7, 11) is 2.06. The fourth-order valence-electron chi connectivity index (χ4n) is 2.53. The lowest BCUT2D eigenvalue weighted by Crippen LogP contribution is -2.32. The highest BCUT2D eigenvalue weighted by atomic mass is 35.5. The predicted octanol–water partition coefficient (Wildman–Crippen LogP) is 2.02. The fraction of sp³-hybridized carbons (Fsp3) is 0.500. The van der Waals surface area contributed by atoms with Crippen molar-refractivity contribution in [2.24, 2.45) is 5.73 Å². The highest BCUT2D eigenvalue weighted by Gasteiger charge is 2.19. The molecule has 104 valence electrons. The van der Waals surface area contributed by atoms with E-state index < -0.39 is 5.91 Å². The molecule has 1 amide bonds. The van der Waals surface area contributed by atoms with Gasteiger partial charge < -0.3 is 16.0 Å². The number of hydrogen-bond acceptors (Lipinski definition) is 3. The van der Waals surface area contributed by atoms with E-state index in [9.17, 15) is 4.79 Å². The van der Waals surface area contributed by atoms with E-state index in [2.05, 4.69) is 17.3 Å². The third-order valence-electron chi connectivity index (χ3n) is 3.71. The first kappa shape index (κ1) is 14.2. The molecule has 0 aliphatic carbocycles. The minimum atomic E-state index is -0.449. The zero-order valence-corrected chi connectivity index (χ0v) is 11.9. The van der Waals surface area contributed by atoms with Crippen LogP contribution in [0, 0.1) is 0 Å². The predicted molar refractivity (Wildman–Crippen MR) is 78.9 cm³/mol. The lowest BCUT2D eigenvalue weighted by Gasteiger charge is -2.30. The minimum Gasteiger partial charge on any atom is -0.370 e. The van der Waals surface area contributed by atoms with Gasteiger partial charge in [-0.3, -0.25) is 4.79 Å². The molecule has 4 nitrogen and oxygen atoms in total. The van der Waals surface area contributed by atoms with Gasteiger partial charge in [0.25, 0.3) is 0 Å². The molecule has 1 aliphatic heterocycles. The Bertz CT molecular complexity index is 456. The number of nitrogens with two attached hydrogens (primary N) is 1. The van der Waals surface area contributed by atoms with E-state index in [1.165, 1.54) is 6.42 Å². The number of hydrogen-bond donors (Lipinski definition) is 2. The quantitative estimate of drug-likeness (QED) is 0.891. The largest absolute Gasteiger partial charge is 0.370 e. The minimum absolute atomic E-state index is 0.449. The van der Waals surface area contributed by atoms with Crippen molar-refractivity contribution in [1.29, 1.82) is 0 Å². The van der Waals surface area contributed by atoms with Crippen LogP contribution in [0.25, 0.3) is 0 Å². The molecule has 0 radical (unpaired) electrons. The smallest absolute Gasteiger partial charge is 0.248 e. The van der Waals surface area contributed by atoms with E-state index >= 15 is 0 Å². The lowest BCUT2D eigenvalue weighted by molar-refractivity contribution is 0.100. The van der Waals surface area contributed by atoms with Crippen molar-refractivity contribution >= 4 is 23.2 Å². The maximum absolute atomic E-state index is 11.1. The third-order valence-corrected chi connectivity index (χ3v) is 4.01. The van der Waals surface area contributed by atoms with Gasteiger partial charge in [0.15, 0.2) is 0 Å². The Labute approximate surface area is 118 Å². The molecule has 0 bridgehead atoms. The van der Waals surface area contributed by atoms with Gasteiger partial charge >= 0.3 is 0 Å². The topological polar surface area (TPSA) is 58.4 Å². The molecule has 19 heavy (non-hydrogen) atoms. The van der Waals surface area contributed by atoms with Crippen molar-refractivity contribution in [1.82, 2.24) is 5.32 Å². The van der Waals surface area contributed by atoms with Gasteiger partial charge in [-0.2, -0.15) is 0 Å². The first-order chi connectivity index (χ1) is 9.09. The van der Waals surface area contributed by atoms with Crippen LogP contribution in [0.5, 0.6) is 0 Å². The number of carbonyl (C=O) groups is 1. The molecule has 1 aromatic rings. The van der Waals surface area contributed by atoms with Crippen LogP contribution >= 0.6 is 11.6 Å². The van der Waals surface area contributed by atoms with Crippen molar-refractivity contribution in [2.75, 3.05) is 25.0 Å². The number of nitrogens with one attached hydrogen (secondary N) is 1. The fourth-order valence-corrected chi connectivity index (χ4v) is 2.84. The van der Waals surface area contributed by atoms with Crippen LogP contribution in [0.2, 0.25) is 5.02 Å². The average molecular weight is 282 g/mol. The van der Waals surface area contributed by atoms with Crippen molar-refractivity contribution < 1.29 is 4.79 Å². The zero-order valence-electron chi connectivity index (χ0n) is 11.2. The number of nitrogens with zero attached hydrogens (tertiary/aromatic N) is 1. The summed E-state index contributed by atoms with van der Waals surface area (Å²) < 4.78 is 0. The van der Waals surface area contributed by atoms with Gasteiger partial charge in [-0.05, 0) is 50.6 Å². The number of anilines is 1. The van der Waals surface area contributed by atoms with Gasteiger partial charge in [0, 0.05) is 18.7 Å². The summed E-state index contributed by atoms with van der Waals surface area (Å²) in [6.45, 7) is 2.12. The summed E-state index contributed by atoms with van der Waals surface area (Å²) >= 11 is 6.26. The van der Waals surface area contributed by atoms with E-state index in [0.717, 1.165) is 31.6 Å². The monoisotopic (exact) mass is 281 g/mol. The van der Waals surface area contributed by atoms with Crippen LogP contribution in [-0.2, 0) is 0 Å². The SMILES string of the molecule is CN(c1ccc(C(N)=O)cc1Cl)C1CCCNCC1. The lowest BCUT2D eigenvalue weighted by atomic mass is 10.1. The summed E-state index contributed by atoms with van der Waals surface area (Å²) in [5.41, 5.74) is 6.66. The van der Waals surface area contributed by atoms with E-state index in [0.29, 0.717) is 16.6 Å². The molecule has 0 saturated carbocycles. The second-order valence-corrected chi connectivity index (χ2v) is 5.38. The zero-order chi connectivity index (χ0) is 13.8. The molecule has 1 aromatic carbocycles. The molecular weight excluding hydrogens is 262 g/mol. The van der Waals surface area contributed by atoms with Gasteiger partial charge in [0.05, 0.1) is 10.7 Å². The summed E-state index contributed by atoms with van der Waals surface area (Å²) in [6, 6.07) is 5.73. The highest BCUT2D eigenvalue weighted by molar-refractivity contribution is 6.33. The molecule has 1 saturated heterocycles. The van der Waals surface area contributed by atoms with Gasteiger partial charge in [-0.15, -0.1) is 0 Å². The summed E-state index contributed by atoms with van der Waals surface area (Å²) in [4.78, 5) is 13.3. The number of primary amides is 1. The van der Waals surface area contributed by atoms with E-state index in [1.54, 1.807) is 12.1 Å². The van der Waals surface area contributed by atoms with Crippen LogP contribution < -0.4 is 16.0 Å². The average Bonchev–Trinajstić information content (AvgIpc) is 2.66. The van der Waals surface area contributed by atoms with Crippen LogP contribution in [0.1, 0.15) is 29.6 Å². The number of rotatable bonds is 3. The first-order valence-corrected chi connectivity index (χ1v) is 7.00. The molecule has 1 unspecified atom stereocenters. The standard InChI is InChI=1S/C14H20ClN3O/c1-18(11-3-2-7-17-8-6-11)13-5-4-10(14(16)19)9-12(13)15/h4-5,9,11,17H,2-3,6-8H2,1H3,(H2,16,19). The maximum atomic E-state index is 11.1. The Kier molecular flexibility index (Phi) is 4.66. The molecule has 0 aromatic heterocycles. The number of carbonyl (C=O) groups excluding carboxylic acids is 1. The molecule has 1 atom stereocenters. The van der Waals surface area contributed by atoms with E-state index in [4.69, 9.17) is 17.3 Å². The number of benzene rings is 1. The second-order valence-electron chi connectivity index (χ2n) is 4.98. The molecule has 5 heteroatoms. The Morgan fingerprint density at radius 3 is 2.89 bits per heavy atom. The Balaban J connectivity index is 2.18. The highest BCUT2D eigenvalue weighted by Crippen LogP contribution is 2.29. The Morgan fingerprint density at radius 1 is 1.42 bits per heavy atom. The molecule has 2 rings (SSSR count). The number of amides is 1. The van der Waals surface area contributed by atoms with Crippen LogP contribution in [0.15, 0.2) is 18.2 Å². The summed E-state index contributed by atoms with van der Waals surface area (Å²) in [6.07, 6.45) is 3.42. The van der Waals surface area contributed by atoms with Crippen molar-refractivity contribution in [3.05, 3.63) is 28.8 Å². The van der Waals surface area contributed by atoms with E-state index in [1.807, 2.05) is 6.07 Å². The normalized spacial score (nSPS) is 19.8. The molecule has 1 heterocycles. The molecular formula is C14H20ClN3O. The molecule has 1 aliphatic rings. The van der Waals surface area contributed by atoms with Crippen LogP contribution in [0.3, 0.4) is 0 Å². The van der Waals surface area contributed by atoms with Crippen LogP contribution in [0.4, 0.5) is 5.69 Å². The summed E-state index contributed by atoms with van der Waals surface area (Å²) in [5.74, 6) is -0.449. The van der Waals surface area contributed by atoms with Gasteiger partial charge in [-0.1, -0.05) is 11.6 Å². The second kappa shape index (κ2) is 6.26. The summed E-state index contributed by atoms with van der Waals surface area (Å²) in [5, 5.41) is 3.98. The maximum Gasteiger partial charge on any atom is 0.248 e. The number of halogens is 1. The van der Waals surface area contributed by atoms with Crippen molar-refractivity contribution in [3.63, 3.8) is 0 Å². The van der Waals surface area contributed by atoms with Gasteiger partial charge in [-0.25, -0.2) is 0 Å².